The smallest absolute Gasteiger partial charge is 0.178 e. The molecule has 0 atom stereocenters. The maximum atomic E-state index is 5.50. The minimum atomic E-state index is 0.731. The topological polar surface area (TPSA) is 39.2 Å². The molecule has 0 saturated carbocycles. The van der Waals surface area contributed by atoms with Crippen molar-refractivity contribution in [1.29, 1.82) is 0 Å². The Bertz CT molecular complexity index is 589. The first-order chi connectivity index (χ1) is 9.27. The van der Waals surface area contributed by atoms with Gasteiger partial charge in [0.05, 0.1) is 12.6 Å². The second-order valence-corrected chi connectivity index (χ2v) is 4.79. The highest BCUT2D eigenvalue weighted by Crippen LogP contribution is 2.24. The number of fused-ring (bicyclic) bond motifs is 1. The molecule has 0 aliphatic rings. The van der Waals surface area contributed by atoms with Crippen molar-refractivity contribution in [3.05, 3.63) is 23.0 Å². The number of H-pyrrole nitrogens is 1. The second-order valence-electron chi connectivity index (χ2n) is 4.40. The van der Waals surface area contributed by atoms with E-state index >= 15 is 0 Å². The number of nitrogens with one attached hydrogen (secondary N) is 1. The Morgan fingerprint density at radius 3 is 2.89 bits per heavy atom. The van der Waals surface area contributed by atoms with E-state index in [9.17, 15) is 0 Å². The monoisotopic (exact) mass is 280 g/mol. The Hall–Kier alpha value is -1.33. The number of imidazole rings is 1. The van der Waals surface area contributed by atoms with Gasteiger partial charge < -0.3 is 19.0 Å². The molecule has 0 fully saturated rings. The summed E-state index contributed by atoms with van der Waals surface area (Å²) in [5, 5.41) is 0. The zero-order chi connectivity index (χ0) is 13.7. The first kappa shape index (κ1) is 14.1. The van der Waals surface area contributed by atoms with Gasteiger partial charge in [0.15, 0.2) is 4.77 Å². The number of aromatic nitrogens is 2. The van der Waals surface area contributed by atoms with Crippen molar-refractivity contribution >= 4 is 23.3 Å². The number of nitrogens with zero attached hydrogens (tertiary/aromatic N) is 1. The average Bonchev–Trinajstić information content (AvgIpc) is 2.74. The van der Waals surface area contributed by atoms with Gasteiger partial charge >= 0.3 is 0 Å². The lowest BCUT2D eigenvalue weighted by atomic mass is 10.3. The van der Waals surface area contributed by atoms with Gasteiger partial charge in [0, 0.05) is 19.8 Å². The molecule has 5 heteroatoms. The van der Waals surface area contributed by atoms with Gasteiger partial charge in [-0.2, -0.15) is 0 Å². The van der Waals surface area contributed by atoms with Crippen LogP contribution in [0.4, 0.5) is 0 Å². The molecule has 0 aliphatic carbocycles. The minimum Gasteiger partial charge on any atom is -0.494 e. The molecule has 0 bridgehead atoms. The van der Waals surface area contributed by atoms with E-state index in [1.807, 2.05) is 12.1 Å². The summed E-state index contributed by atoms with van der Waals surface area (Å²) in [6.45, 7) is 4.57. The van der Waals surface area contributed by atoms with Gasteiger partial charge in [0.2, 0.25) is 0 Å². The summed E-state index contributed by atoms with van der Waals surface area (Å²) < 4.78 is 13.7. The predicted octanol–water partition coefficient (Wildman–Crippen LogP) is 3.52. The molecule has 0 amide bonds. The van der Waals surface area contributed by atoms with Crippen LogP contribution in [0.15, 0.2) is 18.2 Å². The zero-order valence-corrected chi connectivity index (χ0v) is 12.3. The van der Waals surface area contributed by atoms with Crippen LogP contribution in [0.2, 0.25) is 0 Å². The Morgan fingerprint density at radius 1 is 1.32 bits per heavy atom. The summed E-state index contributed by atoms with van der Waals surface area (Å²) in [6, 6.07) is 5.97. The summed E-state index contributed by atoms with van der Waals surface area (Å²) in [5.74, 6) is 0.824. The summed E-state index contributed by atoms with van der Waals surface area (Å²) in [4.78, 5) is 3.21. The van der Waals surface area contributed by atoms with Crippen LogP contribution in [0, 0.1) is 4.77 Å². The quantitative estimate of drug-likeness (QED) is 0.623. The van der Waals surface area contributed by atoms with Crippen molar-refractivity contribution in [1.82, 2.24) is 9.55 Å². The van der Waals surface area contributed by atoms with Crippen LogP contribution >= 0.6 is 12.2 Å². The van der Waals surface area contributed by atoms with E-state index in [1.54, 1.807) is 7.11 Å². The SMILES string of the molecule is CCCOCCCn1c(=S)[nH]c2c(OC)cccc21. The molecule has 19 heavy (non-hydrogen) atoms. The standard InChI is InChI=1S/C14H20N2O2S/c1-3-9-18-10-5-8-16-11-6-4-7-12(17-2)13(11)15-14(16)19/h4,6-7H,3,5,8-10H2,1-2H3,(H,15,19). The van der Waals surface area contributed by atoms with Crippen LogP contribution in [-0.2, 0) is 11.3 Å². The van der Waals surface area contributed by atoms with Crippen molar-refractivity contribution in [2.75, 3.05) is 20.3 Å². The van der Waals surface area contributed by atoms with E-state index in [-0.39, 0.29) is 0 Å². The number of methoxy groups -OCH3 is 1. The number of hydrogen-bond acceptors (Lipinski definition) is 3. The molecular weight excluding hydrogens is 260 g/mol. The van der Waals surface area contributed by atoms with Crippen LogP contribution in [0.3, 0.4) is 0 Å². The van der Waals surface area contributed by atoms with Gasteiger partial charge in [-0.1, -0.05) is 13.0 Å². The van der Waals surface area contributed by atoms with E-state index in [1.165, 1.54) is 0 Å². The second kappa shape index (κ2) is 6.73. The first-order valence-electron chi connectivity index (χ1n) is 6.61. The van der Waals surface area contributed by atoms with Gasteiger partial charge in [-0.25, -0.2) is 0 Å². The molecule has 0 saturated heterocycles. The van der Waals surface area contributed by atoms with Crippen LogP contribution in [0.1, 0.15) is 19.8 Å². The molecule has 0 aliphatic heterocycles. The summed E-state index contributed by atoms with van der Waals surface area (Å²) in [7, 11) is 1.67. The third-order valence-corrected chi connectivity index (χ3v) is 3.33. The highest BCUT2D eigenvalue weighted by Gasteiger charge is 2.08. The highest BCUT2D eigenvalue weighted by atomic mass is 32.1. The van der Waals surface area contributed by atoms with Gasteiger partial charge in [-0.15, -0.1) is 0 Å². The normalized spacial score (nSPS) is 11.1. The molecule has 1 aromatic carbocycles. The maximum Gasteiger partial charge on any atom is 0.178 e. The summed E-state index contributed by atoms with van der Waals surface area (Å²) >= 11 is 5.37. The largest absolute Gasteiger partial charge is 0.494 e. The van der Waals surface area contributed by atoms with Crippen LogP contribution in [0.25, 0.3) is 11.0 Å². The fourth-order valence-electron chi connectivity index (χ4n) is 2.12. The van der Waals surface area contributed by atoms with Gasteiger partial charge in [-0.05, 0) is 37.2 Å². The molecule has 104 valence electrons. The van der Waals surface area contributed by atoms with E-state index in [0.29, 0.717) is 0 Å². The van der Waals surface area contributed by atoms with E-state index in [0.717, 1.165) is 54.2 Å². The molecule has 2 rings (SSSR count). The average molecular weight is 280 g/mol. The summed E-state index contributed by atoms with van der Waals surface area (Å²) in [5.41, 5.74) is 2.05. The molecule has 0 unspecified atom stereocenters. The first-order valence-corrected chi connectivity index (χ1v) is 7.02. The minimum absolute atomic E-state index is 0.731. The molecular formula is C14H20N2O2S. The Balaban J connectivity index is 2.14. The Kier molecular flexibility index (Phi) is 4.99. The van der Waals surface area contributed by atoms with Crippen molar-refractivity contribution in [2.24, 2.45) is 0 Å². The molecule has 1 heterocycles. The molecule has 4 nitrogen and oxygen atoms in total. The van der Waals surface area contributed by atoms with Crippen LogP contribution in [0.5, 0.6) is 5.75 Å². The predicted molar refractivity (Wildman–Crippen MR) is 79.4 cm³/mol. The zero-order valence-electron chi connectivity index (χ0n) is 11.4. The number of aryl methyl sites for hydroxylation is 1. The lowest BCUT2D eigenvalue weighted by Crippen LogP contribution is -2.03. The van der Waals surface area contributed by atoms with E-state index in [4.69, 9.17) is 21.7 Å². The summed E-state index contributed by atoms with van der Waals surface area (Å²) in [6.07, 6.45) is 2.02. The van der Waals surface area contributed by atoms with Crippen molar-refractivity contribution in [2.45, 2.75) is 26.3 Å². The van der Waals surface area contributed by atoms with E-state index in [2.05, 4.69) is 22.5 Å². The number of benzene rings is 1. The molecule has 0 spiro atoms. The lowest BCUT2D eigenvalue weighted by molar-refractivity contribution is 0.129. The van der Waals surface area contributed by atoms with Gasteiger partial charge in [0.25, 0.3) is 0 Å². The number of aromatic amines is 1. The van der Waals surface area contributed by atoms with Gasteiger partial charge in [0.1, 0.15) is 11.3 Å². The number of para-hydroxylation sites is 1. The van der Waals surface area contributed by atoms with Crippen molar-refractivity contribution in [3.8, 4) is 5.75 Å². The lowest BCUT2D eigenvalue weighted by Gasteiger charge is -2.06. The van der Waals surface area contributed by atoms with Crippen molar-refractivity contribution < 1.29 is 9.47 Å². The fourth-order valence-corrected chi connectivity index (χ4v) is 2.41. The van der Waals surface area contributed by atoms with Crippen molar-refractivity contribution in [3.63, 3.8) is 0 Å². The third-order valence-electron chi connectivity index (χ3n) is 3.01. The molecule has 1 aromatic heterocycles. The van der Waals surface area contributed by atoms with E-state index < -0.39 is 0 Å². The molecule has 1 N–H and O–H groups in total. The van der Waals surface area contributed by atoms with Gasteiger partial charge in [-0.3, -0.25) is 0 Å². The fraction of sp³-hybridized carbons (Fsp3) is 0.500. The number of hydrogen-bond donors (Lipinski definition) is 1. The highest BCUT2D eigenvalue weighted by molar-refractivity contribution is 7.71. The van der Waals surface area contributed by atoms with Crippen LogP contribution in [-0.4, -0.2) is 29.9 Å². The Morgan fingerprint density at radius 2 is 2.16 bits per heavy atom. The number of ether oxygens (including phenoxy) is 2. The third kappa shape index (κ3) is 3.16. The molecule has 2 aromatic rings. The molecule has 0 radical (unpaired) electrons. The van der Waals surface area contributed by atoms with Crippen LogP contribution < -0.4 is 4.74 Å². The number of rotatable bonds is 7. The maximum absolute atomic E-state index is 5.50. The Labute approximate surface area is 118 Å².